The Morgan fingerprint density at radius 1 is 1.03 bits per heavy atom. The lowest BCUT2D eigenvalue weighted by molar-refractivity contribution is 0.187. The molecule has 0 bridgehead atoms. The Morgan fingerprint density at radius 3 is 2.69 bits per heavy atom. The molecular weight excluding hydrogens is 396 g/mol. The molecule has 5 heteroatoms. The highest BCUT2D eigenvalue weighted by Gasteiger charge is 2.26. The second-order valence-electron chi connectivity index (χ2n) is 9.02. The Bertz CT molecular complexity index is 1250. The molecule has 5 rings (SSSR count). The van der Waals surface area contributed by atoms with Gasteiger partial charge in [-0.1, -0.05) is 42.5 Å². The van der Waals surface area contributed by atoms with Gasteiger partial charge in [0.15, 0.2) is 5.82 Å². The Balaban J connectivity index is 1.49. The predicted octanol–water partition coefficient (Wildman–Crippen LogP) is 4.85. The van der Waals surface area contributed by atoms with Gasteiger partial charge in [0.1, 0.15) is 5.52 Å². The monoisotopic (exact) mass is 424 g/mol. The molecule has 0 radical (unpaired) electrons. The zero-order valence-electron chi connectivity index (χ0n) is 18.5. The van der Waals surface area contributed by atoms with Gasteiger partial charge in [-0.3, -0.25) is 4.98 Å². The number of rotatable bonds is 6. The highest BCUT2D eigenvalue weighted by Crippen LogP contribution is 2.40. The summed E-state index contributed by atoms with van der Waals surface area (Å²) in [7, 11) is 0. The van der Waals surface area contributed by atoms with Crippen molar-refractivity contribution in [3.05, 3.63) is 84.2 Å². The molecule has 0 unspecified atom stereocenters. The molecule has 0 spiro atoms. The molecule has 1 aliphatic heterocycles. The molecule has 2 N–H and O–H groups in total. The van der Waals surface area contributed by atoms with Gasteiger partial charge in [0.05, 0.1) is 6.61 Å². The lowest BCUT2D eigenvalue weighted by atomic mass is 9.98. The molecule has 162 valence electrons. The van der Waals surface area contributed by atoms with Gasteiger partial charge in [-0.25, -0.2) is 4.98 Å². The van der Waals surface area contributed by atoms with Crippen molar-refractivity contribution in [1.29, 1.82) is 0 Å². The van der Waals surface area contributed by atoms with Crippen LogP contribution in [0.2, 0.25) is 0 Å². The summed E-state index contributed by atoms with van der Waals surface area (Å²) in [6, 6.07) is 21.3. The average molecular weight is 425 g/mol. The zero-order valence-corrected chi connectivity index (χ0v) is 18.5. The van der Waals surface area contributed by atoms with Crippen molar-refractivity contribution in [2.24, 2.45) is 0 Å². The molecular formula is C27H28N4O. The van der Waals surface area contributed by atoms with E-state index in [0.29, 0.717) is 6.54 Å². The first-order valence-electron chi connectivity index (χ1n) is 11.1. The molecule has 0 amide bonds. The summed E-state index contributed by atoms with van der Waals surface area (Å²) < 4.78 is 0. The van der Waals surface area contributed by atoms with E-state index in [1.807, 2.05) is 32.3 Å². The van der Waals surface area contributed by atoms with Crippen molar-refractivity contribution in [1.82, 2.24) is 15.3 Å². The largest absolute Gasteiger partial charge is 0.394 e. The molecule has 0 aliphatic carbocycles. The molecule has 32 heavy (non-hydrogen) atoms. The van der Waals surface area contributed by atoms with E-state index >= 15 is 0 Å². The van der Waals surface area contributed by atoms with E-state index in [2.05, 4.69) is 64.8 Å². The van der Waals surface area contributed by atoms with Crippen LogP contribution in [0.4, 0.5) is 11.5 Å². The van der Waals surface area contributed by atoms with Gasteiger partial charge in [0.25, 0.3) is 0 Å². The first kappa shape index (κ1) is 20.6. The third-order valence-electron chi connectivity index (χ3n) is 6.17. The summed E-state index contributed by atoms with van der Waals surface area (Å²) in [5.74, 6) is 0.904. The highest BCUT2D eigenvalue weighted by molar-refractivity contribution is 5.92. The summed E-state index contributed by atoms with van der Waals surface area (Å²) in [6.45, 7) is 5.60. The summed E-state index contributed by atoms with van der Waals surface area (Å²) in [5.41, 5.74) is 6.79. The maximum absolute atomic E-state index is 9.48. The Hall–Kier alpha value is -3.28. The van der Waals surface area contributed by atoms with Crippen LogP contribution in [-0.2, 0) is 13.0 Å². The molecule has 4 aromatic rings. The molecule has 0 fully saturated rings. The molecule has 5 nitrogen and oxygen atoms in total. The number of anilines is 2. The van der Waals surface area contributed by atoms with E-state index in [9.17, 15) is 5.11 Å². The van der Waals surface area contributed by atoms with Crippen LogP contribution in [0.25, 0.3) is 22.0 Å². The minimum atomic E-state index is -0.325. The number of aliphatic hydroxyl groups is 1. The number of nitrogens with one attached hydrogen (secondary N) is 1. The number of benzene rings is 2. The topological polar surface area (TPSA) is 61.3 Å². The van der Waals surface area contributed by atoms with Crippen LogP contribution in [0.15, 0.2) is 73.1 Å². The molecule has 0 atom stereocenters. The Kier molecular flexibility index (Phi) is 5.37. The van der Waals surface area contributed by atoms with E-state index in [0.717, 1.165) is 35.2 Å². The second-order valence-corrected chi connectivity index (χ2v) is 9.02. The van der Waals surface area contributed by atoms with Gasteiger partial charge in [-0.15, -0.1) is 0 Å². The van der Waals surface area contributed by atoms with Crippen LogP contribution in [0.1, 0.15) is 25.0 Å². The Morgan fingerprint density at radius 2 is 1.88 bits per heavy atom. The van der Waals surface area contributed by atoms with Crippen molar-refractivity contribution in [2.75, 3.05) is 18.1 Å². The normalized spacial score (nSPS) is 13.5. The Labute approximate surface area is 188 Å². The number of nitrogens with zero attached hydrogens (tertiary/aromatic N) is 3. The van der Waals surface area contributed by atoms with Crippen LogP contribution in [0.3, 0.4) is 0 Å². The summed E-state index contributed by atoms with van der Waals surface area (Å²) >= 11 is 0. The fourth-order valence-corrected chi connectivity index (χ4v) is 4.32. The average Bonchev–Trinajstić information content (AvgIpc) is 3.27. The van der Waals surface area contributed by atoms with E-state index in [1.54, 1.807) is 0 Å². The number of fused-ring (bicyclic) bond motifs is 2. The minimum Gasteiger partial charge on any atom is -0.394 e. The SMILES string of the molecule is CC(C)(CO)NCc1cnc2c(N3CCc4c(-c5ccccc5)cccc43)nccc2c1. The highest BCUT2D eigenvalue weighted by atomic mass is 16.3. The van der Waals surface area contributed by atoms with Crippen molar-refractivity contribution in [2.45, 2.75) is 32.4 Å². The molecule has 0 saturated carbocycles. The number of aliphatic hydroxyl groups excluding tert-OH is 1. The second kappa shape index (κ2) is 8.34. The van der Waals surface area contributed by atoms with Gasteiger partial charge in [0.2, 0.25) is 0 Å². The van der Waals surface area contributed by atoms with Crippen LogP contribution in [0.5, 0.6) is 0 Å². The maximum Gasteiger partial charge on any atom is 0.159 e. The first-order chi connectivity index (χ1) is 15.6. The lowest BCUT2D eigenvalue weighted by Crippen LogP contribution is -2.42. The minimum absolute atomic E-state index is 0.0847. The van der Waals surface area contributed by atoms with Gasteiger partial charge in [-0.05, 0) is 60.7 Å². The molecule has 0 saturated heterocycles. The number of pyridine rings is 2. The van der Waals surface area contributed by atoms with Gasteiger partial charge in [0, 0.05) is 42.1 Å². The number of hydrogen-bond acceptors (Lipinski definition) is 5. The standard InChI is InChI=1S/C27H28N4O/c1-27(2,18-32)30-17-19-15-21-11-13-28-26(25(21)29-16-19)31-14-12-23-22(9-6-10-24(23)31)20-7-4-3-5-8-20/h3-11,13,15-16,30,32H,12,14,17-18H2,1-2H3. The smallest absolute Gasteiger partial charge is 0.159 e. The fraction of sp³-hybridized carbons (Fsp3) is 0.259. The van der Waals surface area contributed by atoms with Gasteiger partial charge >= 0.3 is 0 Å². The molecule has 2 aromatic carbocycles. The molecule has 3 heterocycles. The van der Waals surface area contributed by atoms with E-state index in [1.165, 1.54) is 22.4 Å². The number of aromatic nitrogens is 2. The van der Waals surface area contributed by atoms with Crippen LogP contribution < -0.4 is 10.2 Å². The summed E-state index contributed by atoms with van der Waals surface area (Å²) in [4.78, 5) is 11.8. The lowest BCUT2D eigenvalue weighted by Gasteiger charge is -2.24. The van der Waals surface area contributed by atoms with Crippen molar-refractivity contribution >= 4 is 22.4 Å². The van der Waals surface area contributed by atoms with Gasteiger partial charge < -0.3 is 15.3 Å². The first-order valence-corrected chi connectivity index (χ1v) is 11.1. The van der Waals surface area contributed by atoms with Crippen molar-refractivity contribution in [3.8, 4) is 11.1 Å². The van der Waals surface area contributed by atoms with Crippen LogP contribution in [-0.4, -0.2) is 33.8 Å². The predicted molar refractivity (Wildman–Crippen MR) is 130 cm³/mol. The van der Waals surface area contributed by atoms with E-state index < -0.39 is 0 Å². The van der Waals surface area contributed by atoms with E-state index in [4.69, 9.17) is 9.97 Å². The molecule has 2 aromatic heterocycles. The molecule has 1 aliphatic rings. The van der Waals surface area contributed by atoms with Crippen LogP contribution >= 0.6 is 0 Å². The third kappa shape index (κ3) is 3.85. The summed E-state index contributed by atoms with van der Waals surface area (Å²) in [6.07, 6.45) is 4.76. The van der Waals surface area contributed by atoms with Crippen molar-refractivity contribution < 1.29 is 5.11 Å². The third-order valence-corrected chi connectivity index (χ3v) is 6.17. The van der Waals surface area contributed by atoms with Crippen molar-refractivity contribution in [3.63, 3.8) is 0 Å². The number of hydrogen-bond donors (Lipinski definition) is 2. The zero-order chi connectivity index (χ0) is 22.1. The van der Waals surface area contributed by atoms with Gasteiger partial charge in [-0.2, -0.15) is 0 Å². The van der Waals surface area contributed by atoms with E-state index in [-0.39, 0.29) is 12.1 Å². The fourth-order valence-electron chi connectivity index (χ4n) is 4.32. The quantitative estimate of drug-likeness (QED) is 0.463. The maximum atomic E-state index is 9.48. The van der Waals surface area contributed by atoms with Crippen LogP contribution in [0, 0.1) is 0 Å². The summed E-state index contributed by atoms with van der Waals surface area (Å²) in [5, 5.41) is 13.9.